The number of nitrogens with zero attached hydrogens (tertiary/aromatic N) is 2. The molecule has 0 saturated carbocycles. The average molecular weight is 563 g/mol. The average Bonchev–Trinajstić information content (AvgIpc) is 3.48. The van der Waals surface area contributed by atoms with Gasteiger partial charge in [-0.2, -0.15) is 0 Å². The maximum Gasteiger partial charge on any atom is 0.338 e. The molecular formula is C29H23ClN2O6S. The van der Waals surface area contributed by atoms with Crippen LogP contribution >= 0.6 is 22.9 Å². The summed E-state index contributed by atoms with van der Waals surface area (Å²) >= 11 is 7.50. The van der Waals surface area contributed by atoms with Crippen LogP contribution in [0.2, 0.25) is 5.02 Å². The van der Waals surface area contributed by atoms with Crippen LogP contribution in [0.3, 0.4) is 0 Å². The molecule has 0 N–H and O–H groups in total. The van der Waals surface area contributed by atoms with Crippen LogP contribution in [-0.2, 0) is 14.3 Å². The Kier molecular flexibility index (Phi) is 7.36. The third kappa shape index (κ3) is 5.23. The molecule has 4 aromatic rings. The molecule has 0 amide bonds. The van der Waals surface area contributed by atoms with E-state index in [0.717, 1.165) is 5.56 Å². The lowest BCUT2D eigenvalue weighted by Gasteiger charge is -2.24. The van der Waals surface area contributed by atoms with Gasteiger partial charge in [0, 0.05) is 18.6 Å². The van der Waals surface area contributed by atoms with E-state index in [0.29, 0.717) is 42.9 Å². The second-order valence-electron chi connectivity index (χ2n) is 8.65. The minimum Gasteiger partial charge on any atom is -0.463 e. The summed E-state index contributed by atoms with van der Waals surface area (Å²) in [7, 11) is 0. The maximum atomic E-state index is 13.8. The Morgan fingerprint density at radius 2 is 1.87 bits per heavy atom. The van der Waals surface area contributed by atoms with E-state index in [9.17, 15) is 14.4 Å². The fourth-order valence-electron chi connectivity index (χ4n) is 4.36. The molecule has 3 heterocycles. The zero-order chi connectivity index (χ0) is 27.7. The van der Waals surface area contributed by atoms with Gasteiger partial charge in [0.1, 0.15) is 17.3 Å². The summed E-state index contributed by atoms with van der Waals surface area (Å²) in [4.78, 5) is 43.1. The molecular weight excluding hydrogens is 540 g/mol. The molecule has 2 aromatic heterocycles. The first-order valence-corrected chi connectivity index (χ1v) is 13.3. The Hall–Kier alpha value is -4.21. The highest BCUT2D eigenvalue weighted by atomic mass is 35.5. The van der Waals surface area contributed by atoms with Crippen molar-refractivity contribution in [2.45, 2.75) is 26.8 Å². The first-order valence-electron chi connectivity index (χ1n) is 12.1. The van der Waals surface area contributed by atoms with Gasteiger partial charge in [0.2, 0.25) is 0 Å². The normalized spacial score (nSPS) is 15.1. The summed E-state index contributed by atoms with van der Waals surface area (Å²) in [5, 5.41) is 0.555. The minimum atomic E-state index is -0.788. The Bertz CT molecular complexity index is 1800. The lowest BCUT2D eigenvalue weighted by molar-refractivity contribution is -0.139. The topological polar surface area (TPSA) is 100 Å². The van der Waals surface area contributed by atoms with Crippen LogP contribution in [0.4, 0.5) is 0 Å². The van der Waals surface area contributed by atoms with Crippen molar-refractivity contribution >= 4 is 41.0 Å². The number of ether oxygens (including phenoxy) is 2. The quantitative estimate of drug-likeness (QED) is 0.251. The van der Waals surface area contributed by atoms with Gasteiger partial charge in [0.15, 0.2) is 4.80 Å². The zero-order valence-electron chi connectivity index (χ0n) is 21.3. The summed E-state index contributed by atoms with van der Waals surface area (Å²) in [6.07, 6.45) is 1.65. The lowest BCUT2D eigenvalue weighted by atomic mass is 9.96. The molecule has 1 aliphatic heterocycles. The molecule has 10 heteroatoms. The molecule has 198 valence electrons. The molecule has 0 radical (unpaired) electrons. The Balaban J connectivity index is 1.62. The van der Waals surface area contributed by atoms with E-state index in [-0.39, 0.29) is 17.7 Å². The molecule has 0 spiro atoms. The van der Waals surface area contributed by atoms with Gasteiger partial charge in [-0.1, -0.05) is 47.2 Å². The Morgan fingerprint density at radius 3 is 2.56 bits per heavy atom. The highest BCUT2D eigenvalue weighted by Gasteiger charge is 2.33. The van der Waals surface area contributed by atoms with Gasteiger partial charge in [-0.05, 0) is 55.8 Å². The van der Waals surface area contributed by atoms with Gasteiger partial charge in [0.25, 0.3) is 5.56 Å². The van der Waals surface area contributed by atoms with E-state index in [2.05, 4.69) is 4.99 Å². The predicted octanol–water partition coefficient (Wildman–Crippen LogP) is 4.64. The fraction of sp³-hybridized carbons (Fsp3) is 0.172. The third-order valence-electron chi connectivity index (χ3n) is 6.01. The van der Waals surface area contributed by atoms with E-state index in [1.807, 2.05) is 18.2 Å². The molecule has 1 atom stereocenters. The van der Waals surface area contributed by atoms with Crippen molar-refractivity contribution in [3.8, 4) is 17.1 Å². The van der Waals surface area contributed by atoms with E-state index in [4.69, 9.17) is 25.5 Å². The second kappa shape index (κ2) is 10.9. The number of thiazole rings is 1. The number of hydrogen-bond donors (Lipinski definition) is 0. The first kappa shape index (κ1) is 26.4. The standard InChI is InChI=1S/C29H23ClN2O6S/c1-4-36-28(35)25-16(2)31-29-32(26(25)18-9-11-19(12-10-18)37-17(3)33)27(34)24(39-29)15-20-13-14-23(38-20)21-7-5-6-8-22(21)30/h5-15,26H,4H2,1-3H3/b24-15-/t26-/m1/s1. The van der Waals surface area contributed by atoms with Crippen molar-refractivity contribution in [1.82, 2.24) is 4.57 Å². The van der Waals surface area contributed by atoms with Crippen molar-refractivity contribution < 1.29 is 23.5 Å². The number of halogens is 1. The van der Waals surface area contributed by atoms with Crippen LogP contribution < -0.4 is 19.6 Å². The van der Waals surface area contributed by atoms with Crippen molar-refractivity contribution in [2.75, 3.05) is 6.61 Å². The minimum absolute atomic E-state index is 0.171. The van der Waals surface area contributed by atoms with Crippen molar-refractivity contribution in [3.05, 3.63) is 108 Å². The summed E-state index contributed by atoms with van der Waals surface area (Å²) < 4.78 is 18.3. The number of carbonyl (C=O) groups excluding carboxylic acids is 2. The summed E-state index contributed by atoms with van der Waals surface area (Å²) in [5.74, 6) is 0.389. The largest absolute Gasteiger partial charge is 0.463 e. The molecule has 0 bridgehead atoms. The van der Waals surface area contributed by atoms with Gasteiger partial charge in [-0.15, -0.1) is 0 Å². The monoisotopic (exact) mass is 562 g/mol. The maximum absolute atomic E-state index is 13.8. The molecule has 39 heavy (non-hydrogen) atoms. The SMILES string of the molecule is CCOC(=O)C1=C(C)N=c2s/c(=C\c3ccc(-c4ccccc4Cl)o3)c(=O)n2[C@@H]1c1ccc(OC(C)=O)cc1. The molecule has 5 rings (SSSR count). The number of carbonyl (C=O) groups is 2. The molecule has 0 aliphatic carbocycles. The van der Waals surface area contributed by atoms with Crippen LogP contribution in [0.15, 0.2) is 86.1 Å². The predicted molar refractivity (Wildman–Crippen MR) is 147 cm³/mol. The van der Waals surface area contributed by atoms with Crippen molar-refractivity contribution in [1.29, 1.82) is 0 Å². The van der Waals surface area contributed by atoms with E-state index in [1.54, 1.807) is 62.4 Å². The number of benzene rings is 2. The molecule has 2 aromatic carbocycles. The third-order valence-corrected chi connectivity index (χ3v) is 7.33. The van der Waals surface area contributed by atoms with Gasteiger partial charge in [0.05, 0.1) is 33.5 Å². The molecule has 0 fully saturated rings. The lowest BCUT2D eigenvalue weighted by Crippen LogP contribution is -2.39. The zero-order valence-corrected chi connectivity index (χ0v) is 22.8. The van der Waals surface area contributed by atoms with Crippen LogP contribution in [-0.4, -0.2) is 23.1 Å². The number of furan rings is 1. The Morgan fingerprint density at radius 1 is 1.13 bits per heavy atom. The number of allylic oxidation sites excluding steroid dienone is 1. The van der Waals surface area contributed by atoms with Crippen LogP contribution in [0.5, 0.6) is 5.75 Å². The van der Waals surface area contributed by atoms with E-state index in [1.165, 1.54) is 22.8 Å². The number of hydrogen-bond acceptors (Lipinski definition) is 8. The second-order valence-corrected chi connectivity index (χ2v) is 10.1. The Labute approximate surface area is 232 Å². The van der Waals surface area contributed by atoms with Gasteiger partial charge < -0.3 is 13.9 Å². The van der Waals surface area contributed by atoms with Crippen molar-refractivity contribution in [3.63, 3.8) is 0 Å². The highest BCUT2D eigenvalue weighted by Crippen LogP contribution is 2.32. The van der Waals surface area contributed by atoms with Gasteiger partial charge >= 0.3 is 11.9 Å². The van der Waals surface area contributed by atoms with Gasteiger partial charge in [-0.3, -0.25) is 14.2 Å². The fourth-order valence-corrected chi connectivity index (χ4v) is 5.61. The van der Waals surface area contributed by atoms with Crippen molar-refractivity contribution in [2.24, 2.45) is 4.99 Å². The summed E-state index contributed by atoms with van der Waals surface area (Å²) in [5.41, 5.74) is 1.75. The van der Waals surface area contributed by atoms with E-state index < -0.39 is 18.0 Å². The van der Waals surface area contributed by atoms with E-state index >= 15 is 0 Å². The highest BCUT2D eigenvalue weighted by molar-refractivity contribution is 7.07. The molecule has 0 unspecified atom stereocenters. The molecule has 0 saturated heterocycles. The first-order chi connectivity index (χ1) is 18.8. The summed E-state index contributed by atoms with van der Waals surface area (Å²) in [6.45, 7) is 4.91. The number of aromatic nitrogens is 1. The van der Waals surface area contributed by atoms with Crippen LogP contribution in [0.25, 0.3) is 17.4 Å². The van der Waals surface area contributed by atoms with Gasteiger partial charge in [-0.25, -0.2) is 9.79 Å². The smallest absolute Gasteiger partial charge is 0.338 e. The summed E-state index contributed by atoms with van der Waals surface area (Å²) in [6, 6.07) is 16.7. The number of fused-ring (bicyclic) bond motifs is 1. The number of rotatable bonds is 6. The number of esters is 2. The molecule has 1 aliphatic rings. The van der Waals surface area contributed by atoms with Crippen LogP contribution in [0.1, 0.15) is 38.1 Å². The van der Waals surface area contributed by atoms with Crippen LogP contribution in [0, 0.1) is 0 Å². The molecule has 8 nitrogen and oxygen atoms in total.